The first kappa shape index (κ1) is 13.9. The number of nitrogens with zero attached hydrogens (tertiary/aromatic N) is 2. The van der Waals surface area contributed by atoms with E-state index in [1.807, 2.05) is 6.07 Å². The Balaban J connectivity index is 2.26. The van der Waals surface area contributed by atoms with Gasteiger partial charge >= 0.3 is 0 Å². The molecule has 2 rings (SSSR count). The lowest BCUT2D eigenvalue weighted by atomic mass is 10.2. The minimum Gasteiger partial charge on any atom is -0.508 e. The molecule has 2 aromatic rings. The van der Waals surface area contributed by atoms with E-state index in [2.05, 4.69) is 35.6 Å². The summed E-state index contributed by atoms with van der Waals surface area (Å²) in [6, 6.07) is 5.52. The van der Waals surface area contributed by atoms with Crippen LogP contribution in [0.1, 0.15) is 45.5 Å². The number of aromatic amines is 1. The maximum absolute atomic E-state index is 9.50. The average molecular weight is 261 g/mol. The summed E-state index contributed by atoms with van der Waals surface area (Å²) in [5, 5.41) is 9.50. The molecule has 0 amide bonds. The van der Waals surface area contributed by atoms with Crippen LogP contribution >= 0.6 is 0 Å². The van der Waals surface area contributed by atoms with Gasteiger partial charge in [-0.15, -0.1) is 0 Å². The fraction of sp³-hybridized carbons (Fsp3) is 0.533. The van der Waals surface area contributed by atoms with Crippen molar-refractivity contribution >= 4 is 11.0 Å². The minimum absolute atomic E-state index is 0.273. The van der Waals surface area contributed by atoms with Gasteiger partial charge in [0.2, 0.25) is 0 Å². The van der Waals surface area contributed by atoms with Gasteiger partial charge in [0.05, 0.1) is 17.1 Å². The smallest absolute Gasteiger partial charge is 0.124 e. The van der Waals surface area contributed by atoms with E-state index in [4.69, 9.17) is 0 Å². The topological polar surface area (TPSA) is 52.1 Å². The molecule has 4 nitrogen and oxygen atoms in total. The predicted molar refractivity (Wildman–Crippen MR) is 78.3 cm³/mol. The lowest BCUT2D eigenvalue weighted by Crippen LogP contribution is -2.29. The zero-order chi connectivity index (χ0) is 13.8. The second-order valence-corrected chi connectivity index (χ2v) is 5.04. The molecule has 1 heterocycles. The van der Waals surface area contributed by atoms with E-state index in [1.165, 1.54) is 0 Å². The predicted octanol–water partition coefficient (Wildman–Crippen LogP) is 3.45. The van der Waals surface area contributed by atoms with Gasteiger partial charge in [-0.05, 0) is 45.0 Å². The molecule has 0 bridgehead atoms. The Morgan fingerprint density at radius 2 is 1.95 bits per heavy atom. The van der Waals surface area contributed by atoms with Gasteiger partial charge in [0.1, 0.15) is 11.6 Å². The Bertz CT molecular complexity index is 529. The van der Waals surface area contributed by atoms with E-state index in [0.29, 0.717) is 0 Å². The Morgan fingerprint density at radius 3 is 2.58 bits per heavy atom. The van der Waals surface area contributed by atoms with Crippen molar-refractivity contribution in [3.63, 3.8) is 0 Å². The van der Waals surface area contributed by atoms with E-state index in [9.17, 15) is 5.11 Å². The number of benzene rings is 1. The molecule has 0 spiro atoms. The van der Waals surface area contributed by atoms with Crippen LogP contribution in [0.5, 0.6) is 5.75 Å². The van der Waals surface area contributed by atoms with Gasteiger partial charge in [0.15, 0.2) is 0 Å². The molecular formula is C15H23N3O. The molecule has 0 aliphatic carbocycles. The van der Waals surface area contributed by atoms with Crippen molar-refractivity contribution in [1.29, 1.82) is 0 Å². The molecule has 0 saturated heterocycles. The second-order valence-electron chi connectivity index (χ2n) is 5.04. The highest BCUT2D eigenvalue weighted by atomic mass is 16.3. The van der Waals surface area contributed by atoms with Gasteiger partial charge in [-0.25, -0.2) is 4.98 Å². The number of aromatic hydroxyl groups is 1. The number of hydrogen-bond donors (Lipinski definition) is 2. The summed E-state index contributed by atoms with van der Waals surface area (Å²) in [4.78, 5) is 10.4. The van der Waals surface area contributed by atoms with E-state index in [1.54, 1.807) is 12.1 Å². The van der Waals surface area contributed by atoms with E-state index in [-0.39, 0.29) is 11.8 Å². The number of H-pyrrole nitrogens is 1. The van der Waals surface area contributed by atoms with Gasteiger partial charge in [-0.2, -0.15) is 0 Å². The molecule has 0 fully saturated rings. The van der Waals surface area contributed by atoms with Crippen molar-refractivity contribution in [2.24, 2.45) is 0 Å². The van der Waals surface area contributed by atoms with Crippen LogP contribution < -0.4 is 0 Å². The van der Waals surface area contributed by atoms with Gasteiger partial charge in [-0.1, -0.05) is 13.8 Å². The molecule has 1 aromatic carbocycles. The van der Waals surface area contributed by atoms with E-state index in [0.717, 1.165) is 42.8 Å². The summed E-state index contributed by atoms with van der Waals surface area (Å²) in [7, 11) is 0. The van der Waals surface area contributed by atoms with Crippen LogP contribution in [0.25, 0.3) is 11.0 Å². The second kappa shape index (κ2) is 6.06. The summed E-state index contributed by atoms with van der Waals surface area (Å²) in [5.41, 5.74) is 1.81. The molecule has 0 saturated carbocycles. The zero-order valence-electron chi connectivity index (χ0n) is 12.0. The lowest BCUT2D eigenvalue weighted by molar-refractivity contribution is 0.205. The molecule has 2 N–H and O–H groups in total. The summed E-state index contributed by atoms with van der Waals surface area (Å²) in [6.45, 7) is 8.75. The number of aromatic nitrogens is 2. The number of hydrogen-bond acceptors (Lipinski definition) is 3. The fourth-order valence-corrected chi connectivity index (χ4v) is 2.46. The van der Waals surface area contributed by atoms with Crippen LogP contribution in [-0.4, -0.2) is 33.1 Å². The van der Waals surface area contributed by atoms with Crippen molar-refractivity contribution < 1.29 is 5.11 Å². The van der Waals surface area contributed by atoms with Crippen LogP contribution in [0.4, 0.5) is 0 Å². The Hall–Kier alpha value is -1.55. The monoisotopic (exact) mass is 261 g/mol. The van der Waals surface area contributed by atoms with Crippen LogP contribution in [0.3, 0.4) is 0 Å². The highest BCUT2D eigenvalue weighted by molar-refractivity contribution is 5.76. The van der Waals surface area contributed by atoms with Crippen molar-refractivity contribution in [1.82, 2.24) is 14.9 Å². The quantitative estimate of drug-likeness (QED) is 0.837. The molecule has 4 heteroatoms. The maximum atomic E-state index is 9.50. The van der Waals surface area contributed by atoms with Crippen molar-refractivity contribution in [3.8, 4) is 5.75 Å². The first-order valence-electron chi connectivity index (χ1n) is 7.08. The van der Waals surface area contributed by atoms with Crippen molar-refractivity contribution in [3.05, 3.63) is 24.0 Å². The van der Waals surface area contributed by atoms with Crippen LogP contribution in [0.2, 0.25) is 0 Å². The summed E-state index contributed by atoms with van der Waals surface area (Å²) in [6.07, 6.45) is 2.29. The Kier molecular flexibility index (Phi) is 4.43. The van der Waals surface area contributed by atoms with Crippen LogP contribution in [0.15, 0.2) is 18.2 Å². The van der Waals surface area contributed by atoms with E-state index < -0.39 is 0 Å². The summed E-state index contributed by atoms with van der Waals surface area (Å²) in [5.74, 6) is 1.25. The standard InChI is InChI=1S/C15H23N3O/c1-4-8-18(9-5-2)11(3)15-16-13-7-6-12(19)10-14(13)17-15/h6-7,10-11,19H,4-5,8-9H2,1-3H3,(H,16,17). The molecule has 104 valence electrons. The number of rotatable bonds is 6. The molecular weight excluding hydrogens is 238 g/mol. The fourth-order valence-electron chi connectivity index (χ4n) is 2.46. The zero-order valence-corrected chi connectivity index (χ0v) is 12.0. The maximum Gasteiger partial charge on any atom is 0.124 e. The van der Waals surface area contributed by atoms with Gasteiger partial charge in [-0.3, -0.25) is 4.90 Å². The van der Waals surface area contributed by atoms with Gasteiger partial charge in [0.25, 0.3) is 0 Å². The number of nitrogens with one attached hydrogen (secondary N) is 1. The molecule has 0 aliphatic heterocycles. The molecule has 19 heavy (non-hydrogen) atoms. The average Bonchev–Trinajstić information content (AvgIpc) is 2.80. The third-order valence-electron chi connectivity index (χ3n) is 3.45. The Morgan fingerprint density at radius 1 is 1.26 bits per heavy atom. The number of imidazole rings is 1. The first-order chi connectivity index (χ1) is 9.15. The highest BCUT2D eigenvalue weighted by Crippen LogP contribution is 2.23. The molecule has 0 radical (unpaired) electrons. The molecule has 1 atom stereocenters. The highest BCUT2D eigenvalue weighted by Gasteiger charge is 2.17. The lowest BCUT2D eigenvalue weighted by Gasteiger charge is -2.26. The summed E-state index contributed by atoms with van der Waals surface area (Å²) >= 11 is 0. The Labute approximate surface area is 114 Å². The van der Waals surface area contributed by atoms with Gasteiger partial charge in [0, 0.05) is 6.07 Å². The van der Waals surface area contributed by atoms with Crippen molar-refractivity contribution in [2.75, 3.05) is 13.1 Å². The normalized spacial score (nSPS) is 13.3. The minimum atomic E-state index is 0.273. The van der Waals surface area contributed by atoms with E-state index >= 15 is 0 Å². The molecule has 0 aliphatic rings. The molecule has 1 unspecified atom stereocenters. The van der Waals surface area contributed by atoms with Crippen LogP contribution in [0, 0.1) is 0 Å². The number of phenols is 1. The largest absolute Gasteiger partial charge is 0.508 e. The van der Waals surface area contributed by atoms with Crippen LogP contribution in [-0.2, 0) is 0 Å². The SMILES string of the molecule is CCCN(CCC)C(C)c1nc2ccc(O)cc2[nH]1. The first-order valence-corrected chi connectivity index (χ1v) is 7.08. The third kappa shape index (κ3) is 3.07. The van der Waals surface area contributed by atoms with Gasteiger partial charge < -0.3 is 10.1 Å². The number of phenolic OH excluding ortho intramolecular Hbond substituents is 1. The number of fused-ring (bicyclic) bond motifs is 1. The van der Waals surface area contributed by atoms with Crippen molar-refractivity contribution in [2.45, 2.75) is 39.7 Å². The molecule has 1 aromatic heterocycles. The summed E-state index contributed by atoms with van der Waals surface area (Å²) < 4.78 is 0. The third-order valence-corrected chi connectivity index (χ3v) is 3.45.